The second kappa shape index (κ2) is 5.38. The van der Waals surface area contributed by atoms with Crippen LogP contribution in [-0.2, 0) is 4.74 Å². The molecule has 0 aliphatic carbocycles. The number of aromatic nitrogens is 1. The molecule has 4 nitrogen and oxygen atoms in total. The van der Waals surface area contributed by atoms with E-state index in [9.17, 15) is 4.79 Å². The van der Waals surface area contributed by atoms with Crippen LogP contribution in [0.1, 0.15) is 10.5 Å². The van der Waals surface area contributed by atoms with Crippen LogP contribution in [-0.4, -0.2) is 18.1 Å². The normalized spacial score (nSPS) is 10.4. The number of nitrogens with zero attached hydrogens (tertiary/aromatic N) is 1. The van der Waals surface area contributed by atoms with Crippen molar-refractivity contribution in [1.29, 1.82) is 0 Å². The zero-order valence-corrected chi connectivity index (χ0v) is 13.2. The summed E-state index contributed by atoms with van der Waals surface area (Å²) in [4.78, 5) is 15.7. The van der Waals surface area contributed by atoms with Gasteiger partial charge in [-0.1, -0.05) is 43.2 Å². The molecule has 7 heteroatoms. The molecule has 2 N–H and O–H groups in total. The third-order valence-corrected chi connectivity index (χ3v) is 4.26. The van der Waals surface area contributed by atoms with Crippen LogP contribution in [0.2, 0.25) is 0 Å². The molecule has 0 aliphatic rings. The number of rotatable bonds is 2. The first-order chi connectivity index (χ1) is 8.52. The number of anilines is 1. The van der Waals surface area contributed by atoms with Crippen molar-refractivity contribution in [3.63, 3.8) is 0 Å². The standard InChI is InChI=1S/C11H8Br2N2O2S/c1-17-11(16)8-9(14)18-10(15-8)6-3-2-5(12)4-7(6)13/h2-4H,14H2,1H3. The van der Waals surface area contributed by atoms with Crippen molar-refractivity contribution in [1.82, 2.24) is 4.98 Å². The van der Waals surface area contributed by atoms with Gasteiger partial charge in [-0.3, -0.25) is 0 Å². The summed E-state index contributed by atoms with van der Waals surface area (Å²) in [5, 5.41) is 1.03. The fraction of sp³-hybridized carbons (Fsp3) is 0.0909. The smallest absolute Gasteiger partial charge is 0.359 e. The highest BCUT2D eigenvalue weighted by Crippen LogP contribution is 2.35. The van der Waals surface area contributed by atoms with Gasteiger partial charge in [0.1, 0.15) is 10.0 Å². The Morgan fingerprint density at radius 3 is 2.78 bits per heavy atom. The molecule has 0 saturated heterocycles. The van der Waals surface area contributed by atoms with Gasteiger partial charge in [-0.25, -0.2) is 9.78 Å². The van der Waals surface area contributed by atoms with E-state index < -0.39 is 5.97 Å². The Morgan fingerprint density at radius 1 is 1.44 bits per heavy atom. The van der Waals surface area contributed by atoms with Gasteiger partial charge in [0.05, 0.1) is 7.11 Å². The maximum atomic E-state index is 11.4. The lowest BCUT2D eigenvalue weighted by molar-refractivity contribution is 0.0596. The van der Waals surface area contributed by atoms with E-state index in [0.717, 1.165) is 14.5 Å². The molecule has 0 spiro atoms. The summed E-state index contributed by atoms with van der Waals surface area (Å²) in [7, 11) is 1.30. The van der Waals surface area contributed by atoms with Crippen LogP contribution in [0, 0.1) is 0 Å². The molecule has 0 saturated carbocycles. The second-order valence-corrected chi connectivity index (χ2v) is 6.15. The highest BCUT2D eigenvalue weighted by Gasteiger charge is 2.18. The number of benzene rings is 1. The predicted molar refractivity (Wildman–Crippen MR) is 78.7 cm³/mol. The summed E-state index contributed by atoms with van der Waals surface area (Å²) in [6.45, 7) is 0. The summed E-state index contributed by atoms with van der Waals surface area (Å²) in [6.07, 6.45) is 0. The molecule has 1 aromatic carbocycles. The van der Waals surface area contributed by atoms with Crippen LogP contribution in [0.5, 0.6) is 0 Å². The summed E-state index contributed by atoms with van der Waals surface area (Å²) >= 11 is 8.08. The number of esters is 1. The molecular weight excluding hydrogens is 384 g/mol. The van der Waals surface area contributed by atoms with Gasteiger partial charge in [-0.2, -0.15) is 0 Å². The number of thiazole rings is 1. The minimum Gasteiger partial charge on any atom is -0.464 e. The molecule has 0 aliphatic heterocycles. The maximum absolute atomic E-state index is 11.4. The number of carbonyl (C=O) groups is 1. The number of nitrogens with two attached hydrogens (primary N) is 1. The van der Waals surface area contributed by atoms with Crippen molar-refractivity contribution in [2.75, 3.05) is 12.8 Å². The molecule has 1 heterocycles. The maximum Gasteiger partial charge on any atom is 0.359 e. The third kappa shape index (κ3) is 2.57. The molecule has 94 valence electrons. The van der Waals surface area contributed by atoms with Crippen LogP contribution >= 0.6 is 43.2 Å². The van der Waals surface area contributed by atoms with Crippen molar-refractivity contribution in [3.05, 3.63) is 32.8 Å². The Morgan fingerprint density at radius 2 is 2.17 bits per heavy atom. The van der Waals surface area contributed by atoms with Gasteiger partial charge in [0.15, 0.2) is 5.69 Å². The fourth-order valence-electron chi connectivity index (χ4n) is 1.35. The van der Waals surface area contributed by atoms with E-state index in [1.54, 1.807) is 0 Å². The van der Waals surface area contributed by atoms with E-state index in [1.807, 2.05) is 18.2 Å². The van der Waals surface area contributed by atoms with Gasteiger partial charge in [-0.15, -0.1) is 0 Å². The summed E-state index contributed by atoms with van der Waals surface area (Å²) < 4.78 is 6.45. The molecule has 2 aromatic rings. The molecular formula is C11H8Br2N2O2S. The first-order valence-corrected chi connectivity index (χ1v) is 7.23. The lowest BCUT2D eigenvalue weighted by Crippen LogP contribution is -2.04. The van der Waals surface area contributed by atoms with Crippen LogP contribution < -0.4 is 5.73 Å². The van der Waals surface area contributed by atoms with Crippen LogP contribution in [0.4, 0.5) is 5.00 Å². The lowest BCUT2D eigenvalue weighted by Gasteiger charge is -2.00. The number of ether oxygens (including phenoxy) is 1. The summed E-state index contributed by atoms with van der Waals surface area (Å²) in [5.41, 5.74) is 6.81. The van der Waals surface area contributed by atoms with E-state index in [-0.39, 0.29) is 5.69 Å². The minimum absolute atomic E-state index is 0.160. The minimum atomic E-state index is -0.525. The Bertz CT molecular complexity index is 613. The Kier molecular flexibility index (Phi) is 4.04. The zero-order chi connectivity index (χ0) is 13.3. The molecule has 0 atom stereocenters. The van der Waals surface area contributed by atoms with Crippen molar-refractivity contribution in [3.8, 4) is 10.6 Å². The fourth-order valence-corrected chi connectivity index (χ4v) is 3.58. The number of hydrogen-bond donors (Lipinski definition) is 1. The van der Waals surface area contributed by atoms with Gasteiger partial charge in [0, 0.05) is 14.5 Å². The van der Waals surface area contributed by atoms with E-state index in [0.29, 0.717) is 10.0 Å². The van der Waals surface area contributed by atoms with Crippen LogP contribution in [0.15, 0.2) is 27.1 Å². The van der Waals surface area contributed by atoms with Gasteiger partial charge in [-0.05, 0) is 18.2 Å². The highest BCUT2D eigenvalue weighted by atomic mass is 79.9. The summed E-state index contributed by atoms with van der Waals surface area (Å²) in [5.74, 6) is -0.525. The first kappa shape index (κ1) is 13.5. The third-order valence-electron chi connectivity index (χ3n) is 2.19. The number of halogens is 2. The second-order valence-electron chi connectivity index (χ2n) is 3.35. The molecule has 0 bridgehead atoms. The SMILES string of the molecule is COC(=O)c1nc(-c2ccc(Br)cc2Br)sc1N. The van der Waals surface area contributed by atoms with Crippen molar-refractivity contribution in [2.24, 2.45) is 0 Å². The van der Waals surface area contributed by atoms with E-state index in [4.69, 9.17) is 5.73 Å². The molecule has 2 rings (SSSR count). The Balaban J connectivity index is 2.49. The predicted octanol–water partition coefficient (Wildman–Crippen LogP) is 3.70. The average molecular weight is 392 g/mol. The largest absolute Gasteiger partial charge is 0.464 e. The number of nitrogen functional groups attached to an aromatic ring is 1. The molecule has 0 amide bonds. The number of hydrogen-bond acceptors (Lipinski definition) is 5. The highest BCUT2D eigenvalue weighted by molar-refractivity contribution is 9.11. The number of methoxy groups -OCH3 is 1. The van der Waals surface area contributed by atoms with Gasteiger partial charge in [0.25, 0.3) is 0 Å². The molecule has 18 heavy (non-hydrogen) atoms. The van der Waals surface area contributed by atoms with Gasteiger partial charge >= 0.3 is 5.97 Å². The monoisotopic (exact) mass is 390 g/mol. The summed E-state index contributed by atoms with van der Waals surface area (Å²) in [6, 6.07) is 5.70. The zero-order valence-electron chi connectivity index (χ0n) is 9.24. The lowest BCUT2D eigenvalue weighted by atomic mass is 10.2. The van der Waals surface area contributed by atoms with Gasteiger partial charge in [0.2, 0.25) is 0 Å². The average Bonchev–Trinajstić information content (AvgIpc) is 2.70. The van der Waals surface area contributed by atoms with Gasteiger partial charge < -0.3 is 10.5 Å². The topological polar surface area (TPSA) is 65.2 Å². The van der Waals surface area contributed by atoms with E-state index in [1.165, 1.54) is 18.4 Å². The van der Waals surface area contributed by atoms with Crippen molar-refractivity contribution in [2.45, 2.75) is 0 Å². The van der Waals surface area contributed by atoms with Crippen molar-refractivity contribution < 1.29 is 9.53 Å². The van der Waals surface area contributed by atoms with Crippen LogP contribution in [0.25, 0.3) is 10.6 Å². The van der Waals surface area contributed by atoms with E-state index in [2.05, 4.69) is 41.6 Å². The Labute approximate surface area is 124 Å². The molecule has 0 radical (unpaired) electrons. The Hall–Kier alpha value is -0.920. The van der Waals surface area contributed by atoms with Crippen LogP contribution in [0.3, 0.4) is 0 Å². The van der Waals surface area contributed by atoms with Crippen molar-refractivity contribution >= 4 is 54.2 Å². The first-order valence-electron chi connectivity index (χ1n) is 4.83. The molecule has 0 unspecified atom stereocenters. The quantitative estimate of drug-likeness (QED) is 0.792. The molecule has 0 fully saturated rings. The number of carbonyl (C=O) groups excluding carboxylic acids is 1. The molecule has 1 aromatic heterocycles. The van der Waals surface area contributed by atoms with E-state index >= 15 is 0 Å².